The van der Waals surface area contributed by atoms with Gasteiger partial charge in [0.15, 0.2) is 11.5 Å². The fourth-order valence-electron chi connectivity index (χ4n) is 2.91. The van der Waals surface area contributed by atoms with Gasteiger partial charge < -0.3 is 14.8 Å². The predicted octanol–water partition coefficient (Wildman–Crippen LogP) is 6.14. The molecule has 0 fully saturated rings. The number of nitriles is 1. The quantitative estimate of drug-likeness (QED) is 0.158. The summed E-state index contributed by atoms with van der Waals surface area (Å²) in [6.45, 7) is 0.146. The average molecular weight is 543 g/mol. The Morgan fingerprint density at radius 1 is 1.24 bits per heavy atom. The predicted molar refractivity (Wildman–Crippen MR) is 132 cm³/mol. The van der Waals surface area contributed by atoms with Crippen molar-refractivity contribution in [2.24, 2.45) is 0 Å². The first-order valence-corrected chi connectivity index (χ1v) is 10.9. The number of methoxy groups -OCH3 is 1. The van der Waals surface area contributed by atoms with E-state index < -0.39 is 10.8 Å². The van der Waals surface area contributed by atoms with E-state index in [1.54, 1.807) is 48.5 Å². The van der Waals surface area contributed by atoms with E-state index in [9.17, 15) is 20.2 Å². The zero-order valence-electron chi connectivity index (χ0n) is 17.7. The minimum atomic E-state index is -0.585. The third-order valence-electron chi connectivity index (χ3n) is 4.54. The summed E-state index contributed by atoms with van der Waals surface area (Å²) in [5, 5.41) is 23.4. The van der Waals surface area contributed by atoms with Crippen molar-refractivity contribution in [2.45, 2.75) is 6.61 Å². The maximum absolute atomic E-state index is 12.5. The van der Waals surface area contributed by atoms with Crippen molar-refractivity contribution < 1.29 is 19.2 Å². The molecule has 1 N–H and O–H groups in total. The van der Waals surface area contributed by atoms with Crippen LogP contribution in [0.15, 0.2) is 70.7 Å². The minimum absolute atomic E-state index is 0.00801. The summed E-state index contributed by atoms with van der Waals surface area (Å²) in [6, 6.07) is 17.8. The second-order valence-electron chi connectivity index (χ2n) is 6.88. The van der Waals surface area contributed by atoms with Gasteiger partial charge in [-0.1, -0.05) is 17.7 Å². The number of amides is 1. The van der Waals surface area contributed by atoms with Crippen LogP contribution in [0.2, 0.25) is 5.02 Å². The van der Waals surface area contributed by atoms with Crippen LogP contribution in [0.4, 0.5) is 11.4 Å². The van der Waals surface area contributed by atoms with Gasteiger partial charge >= 0.3 is 0 Å². The molecule has 3 rings (SSSR count). The lowest BCUT2D eigenvalue weighted by Crippen LogP contribution is -2.13. The maximum Gasteiger partial charge on any atom is 0.269 e. The molecule has 0 aromatic heterocycles. The van der Waals surface area contributed by atoms with Crippen LogP contribution in [0, 0.1) is 21.4 Å². The van der Waals surface area contributed by atoms with E-state index in [1.165, 1.54) is 25.3 Å². The Morgan fingerprint density at radius 2 is 1.97 bits per heavy atom. The van der Waals surface area contributed by atoms with Gasteiger partial charge in [0.1, 0.15) is 18.2 Å². The monoisotopic (exact) mass is 541 g/mol. The highest BCUT2D eigenvalue weighted by Gasteiger charge is 2.15. The molecule has 1 amide bonds. The lowest BCUT2D eigenvalue weighted by atomic mass is 10.1. The molecule has 0 aliphatic heterocycles. The van der Waals surface area contributed by atoms with Crippen LogP contribution in [0.5, 0.6) is 11.5 Å². The Kier molecular flexibility index (Phi) is 8.24. The molecular formula is C24H17BrClN3O5. The Hall–Kier alpha value is -3.87. The molecular weight excluding hydrogens is 526 g/mol. The van der Waals surface area contributed by atoms with E-state index in [1.807, 2.05) is 6.07 Å². The van der Waals surface area contributed by atoms with Crippen LogP contribution in [0.3, 0.4) is 0 Å². The molecule has 0 saturated heterocycles. The number of carbonyl (C=O) groups is 1. The molecule has 8 nitrogen and oxygen atoms in total. The van der Waals surface area contributed by atoms with Gasteiger partial charge in [-0.25, -0.2) is 0 Å². The van der Waals surface area contributed by atoms with Gasteiger partial charge in [0, 0.05) is 22.8 Å². The number of carbonyl (C=O) groups excluding carboxylic acids is 1. The van der Waals surface area contributed by atoms with Crippen molar-refractivity contribution in [3.63, 3.8) is 0 Å². The van der Waals surface area contributed by atoms with Crippen molar-refractivity contribution in [3.8, 4) is 17.6 Å². The van der Waals surface area contributed by atoms with Gasteiger partial charge in [-0.2, -0.15) is 5.26 Å². The van der Waals surface area contributed by atoms with E-state index in [0.29, 0.717) is 32.2 Å². The first-order valence-electron chi connectivity index (χ1n) is 9.73. The zero-order chi connectivity index (χ0) is 24.7. The number of non-ortho nitro benzene ring substituents is 1. The fourth-order valence-corrected chi connectivity index (χ4v) is 3.68. The van der Waals surface area contributed by atoms with Crippen molar-refractivity contribution >= 4 is 50.9 Å². The second kappa shape index (κ2) is 11.3. The topological polar surface area (TPSA) is 114 Å². The third-order valence-corrected chi connectivity index (χ3v) is 5.36. The molecule has 0 atom stereocenters. The summed E-state index contributed by atoms with van der Waals surface area (Å²) in [7, 11) is 1.46. The van der Waals surface area contributed by atoms with Crippen molar-refractivity contribution in [1.82, 2.24) is 0 Å². The number of halogens is 2. The second-order valence-corrected chi connectivity index (χ2v) is 8.17. The number of hydrogen-bond acceptors (Lipinski definition) is 6. The Bertz CT molecular complexity index is 1300. The Balaban J connectivity index is 1.79. The van der Waals surface area contributed by atoms with Crippen LogP contribution in [-0.2, 0) is 11.4 Å². The first-order chi connectivity index (χ1) is 16.3. The summed E-state index contributed by atoms with van der Waals surface area (Å²) < 4.78 is 11.8. The summed E-state index contributed by atoms with van der Waals surface area (Å²) in [6.07, 6.45) is 1.42. The van der Waals surface area contributed by atoms with Crippen molar-refractivity contribution in [1.29, 1.82) is 5.26 Å². The van der Waals surface area contributed by atoms with Crippen LogP contribution >= 0.6 is 27.5 Å². The molecule has 3 aromatic carbocycles. The highest BCUT2D eigenvalue weighted by Crippen LogP contribution is 2.38. The largest absolute Gasteiger partial charge is 0.493 e. The highest BCUT2D eigenvalue weighted by atomic mass is 79.9. The van der Waals surface area contributed by atoms with Gasteiger partial charge in [-0.05, 0) is 75.6 Å². The van der Waals surface area contributed by atoms with E-state index in [0.717, 1.165) is 5.56 Å². The lowest BCUT2D eigenvalue weighted by molar-refractivity contribution is -0.384. The molecule has 0 heterocycles. The smallest absolute Gasteiger partial charge is 0.269 e. The molecule has 0 spiro atoms. The number of anilines is 1. The van der Waals surface area contributed by atoms with Crippen LogP contribution in [0.25, 0.3) is 6.08 Å². The maximum atomic E-state index is 12.5. The Morgan fingerprint density at radius 3 is 2.59 bits per heavy atom. The highest BCUT2D eigenvalue weighted by molar-refractivity contribution is 9.10. The van der Waals surface area contributed by atoms with Gasteiger partial charge in [0.2, 0.25) is 0 Å². The molecule has 0 bridgehead atoms. The zero-order valence-corrected chi connectivity index (χ0v) is 20.1. The van der Waals surface area contributed by atoms with Crippen molar-refractivity contribution in [2.75, 3.05) is 12.4 Å². The van der Waals surface area contributed by atoms with Gasteiger partial charge in [0.25, 0.3) is 11.6 Å². The Labute approximate surface area is 208 Å². The van der Waals surface area contributed by atoms with E-state index in [4.69, 9.17) is 21.1 Å². The number of nitro groups is 1. The van der Waals surface area contributed by atoms with E-state index in [-0.39, 0.29) is 17.9 Å². The summed E-state index contributed by atoms with van der Waals surface area (Å²) in [4.78, 5) is 22.9. The number of ether oxygens (including phenoxy) is 2. The first kappa shape index (κ1) is 24.8. The normalized spacial score (nSPS) is 10.8. The molecule has 0 saturated carbocycles. The van der Waals surface area contributed by atoms with Gasteiger partial charge in [-0.3, -0.25) is 14.9 Å². The van der Waals surface area contributed by atoms with Crippen molar-refractivity contribution in [3.05, 3.63) is 97.0 Å². The number of benzene rings is 3. The van der Waals surface area contributed by atoms with E-state index >= 15 is 0 Å². The minimum Gasteiger partial charge on any atom is -0.493 e. The standard InChI is InChI=1S/C24H17BrClN3O5/c1-33-22-11-16(9-17(13-27)24(30)28-19-4-2-3-18(26)12-19)10-21(25)23(22)34-14-15-5-7-20(8-6-15)29(31)32/h2-12H,14H2,1H3,(H,28,30)/b17-9-. The molecule has 34 heavy (non-hydrogen) atoms. The molecule has 0 aliphatic carbocycles. The SMILES string of the molecule is COc1cc(/C=C(/C#N)C(=O)Nc2cccc(Cl)c2)cc(Br)c1OCc1ccc([N+](=O)[O-])cc1. The number of nitro benzene ring substituents is 1. The van der Waals surface area contributed by atoms with E-state index in [2.05, 4.69) is 21.2 Å². The molecule has 0 unspecified atom stereocenters. The third kappa shape index (κ3) is 6.34. The average Bonchev–Trinajstić information content (AvgIpc) is 2.81. The van der Waals surface area contributed by atoms with Gasteiger partial charge in [-0.15, -0.1) is 0 Å². The number of rotatable bonds is 8. The molecule has 0 aliphatic rings. The molecule has 3 aromatic rings. The number of hydrogen-bond donors (Lipinski definition) is 1. The number of nitrogens with one attached hydrogen (secondary N) is 1. The fraction of sp³-hybridized carbons (Fsp3) is 0.0833. The summed E-state index contributed by atoms with van der Waals surface area (Å²) in [5.74, 6) is 0.188. The van der Waals surface area contributed by atoms with Crippen LogP contribution in [0.1, 0.15) is 11.1 Å². The molecule has 172 valence electrons. The van der Waals surface area contributed by atoms with Crippen LogP contribution < -0.4 is 14.8 Å². The molecule has 0 radical (unpaired) electrons. The summed E-state index contributed by atoms with van der Waals surface area (Å²) >= 11 is 9.36. The molecule has 10 heteroatoms. The van der Waals surface area contributed by atoms with Gasteiger partial charge in [0.05, 0.1) is 16.5 Å². The summed E-state index contributed by atoms with van der Waals surface area (Å²) in [5.41, 5.74) is 1.60. The number of nitrogens with zero attached hydrogens (tertiary/aromatic N) is 2. The lowest BCUT2D eigenvalue weighted by Gasteiger charge is -2.14. The van der Waals surface area contributed by atoms with Crippen LogP contribution in [-0.4, -0.2) is 17.9 Å².